The third kappa shape index (κ3) is 4.03. The first-order valence-electron chi connectivity index (χ1n) is 6.19. The Labute approximate surface area is 98.7 Å². The van der Waals surface area contributed by atoms with E-state index in [4.69, 9.17) is 5.11 Å². The average molecular weight is 249 g/mol. The number of hydrogen-bond acceptors (Lipinski definition) is 3. The van der Waals surface area contributed by atoms with Crippen LogP contribution in [0.2, 0.25) is 0 Å². The third-order valence-corrected chi connectivity index (χ3v) is 5.07. The number of aliphatic hydroxyl groups is 1. The maximum Gasteiger partial charge on any atom is 0.214 e. The molecule has 0 aromatic carbocycles. The van der Waals surface area contributed by atoms with E-state index in [-0.39, 0.29) is 6.61 Å². The molecule has 1 saturated heterocycles. The Bertz CT molecular complexity index is 284. The Morgan fingerprint density at radius 3 is 2.62 bits per heavy atom. The molecule has 0 saturated carbocycles. The van der Waals surface area contributed by atoms with E-state index in [2.05, 4.69) is 6.92 Å². The van der Waals surface area contributed by atoms with Crippen LogP contribution in [-0.2, 0) is 10.0 Å². The first-order valence-corrected chi connectivity index (χ1v) is 7.79. The van der Waals surface area contributed by atoms with Gasteiger partial charge in [0.05, 0.1) is 5.75 Å². The second-order valence-corrected chi connectivity index (χ2v) is 6.64. The van der Waals surface area contributed by atoms with Gasteiger partial charge in [-0.3, -0.25) is 0 Å². The quantitative estimate of drug-likeness (QED) is 0.770. The zero-order chi connectivity index (χ0) is 12.0. The van der Waals surface area contributed by atoms with Gasteiger partial charge in [-0.1, -0.05) is 13.3 Å². The fourth-order valence-corrected chi connectivity index (χ4v) is 3.92. The van der Waals surface area contributed by atoms with Crippen molar-refractivity contribution in [2.75, 3.05) is 25.4 Å². The first kappa shape index (κ1) is 13.9. The molecule has 0 radical (unpaired) electrons. The average Bonchev–Trinajstić information content (AvgIpc) is 2.22. The summed E-state index contributed by atoms with van der Waals surface area (Å²) in [5.41, 5.74) is 0. The zero-order valence-corrected chi connectivity index (χ0v) is 10.9. The Morgan fingerprint density at radius 2 is 2.06 bits per heavy atom. The highest BCUT2D eigenvalue weighted by Gasteiger charge is 2.27. The highest BCUT2D eigenvalue weighted by molar-refractivity contribution is 7.89. The van der Waals surface area contributed by atoms with Crippen LogP contribution < -0.4 is 0 Å². The standard InChI is InChI=1S/C11H23NO3S/c1-2-5-11(6-8-13)10-12-7-3-4-9-16(12,14)15/h11,13H,2-10H2,1H3. The highest BCUT2D eigenvalue weighted by atomic mass is 32.2. The lowest BCUT2D eigenvalue weighted by Crippen LogP contribution is -2.41. The lowest BCUT2D eigenvalue weighted by molar-refractivity contribution is 0.226. The smallest absolute Gasteiger partial charge is 0.214 e. The normalized spacial score (nSPS) is 23.1. The molecule has 1 aliphatic rings. The van der Waals surface area contributed by atoms with Crippen molar-refractivity contribution in [3.63, 3.8) is 0 Å². The fourth-order valence-electron chi connectivity index (χ4n) is 2.25. The molecule has 5 heteroatoms. The van der Waals surface area contributed by atoms with Crippen LogP contribution in [0.3, 0.4) is 0 Å². The summed E-state index contributed by atoms with van der Waals surface area (Å²) in [6.07, 6.45) is 4.50. The number of sulfonamides is 1. The summed E-state index contributed by atoms with van der Waals surface area (Å²) in [6, 6.07) is 0. The Kier molecular flexibility index (Phi) is 5.72. The molecule has 0 aromatic heterocycles. The van der Waals surface area contributed by atoms with Crippen molar-refractivity contribution in [3.05, 3.63) is 0 Å². The maximum atomic E-state index is 11.8. The molecule has 0 amide bonds. The molecule has 96 valence electrons. The van der Waals surface area contributed by atoms with E-state index in [0.717, 1.165) is 25.7 Å². The predicted molar refractivity (Wildman–Crippen MR) is 64.7 cm³/mol. The van der Waals surface area contributed by atoms with Gasteiger partial charge in [-0.25, -0.2) is 12.7 Å². The summed E-state index contributed by atoms with van der Waals surface area (Å²) < 4.78 is 25.2. The summed E-state index contributed by atoms with van der Waals surface area (Å²) >= 11 is 0. The highest BCUT2D eigenvalue weighted by Crippen LogP contribution is 2.19. The van der Waals surface area contributed by atoms with Gasteiger partial charge in [0.25, 0.3) is 0 Å². The molecule has 0 bridgehead atoms. The second kappa shape index (κ2) is 6.57. The molecule has 0 aliphatic carbocycles. The van der Waals surface area contributed by atoms with Gasteiger partial charge in [0.2, 0.25) is 10.0 Å². The van der Waals surface area contributed by atoms with Crippen molar-refractivity contribution in [1.29, 1.82) is 0 Å². The van der Waals surface area contributed by atoms with Crippen molar-refractivity contribution in [2.45, 2.75) is 39.0 Å². The van der Waals surface area contributed by atoms with Crippen LogP contribution in [0.4, 0.5) is 0 Å². The van der Waals surface area contributed by atoms with Crippen LogP contribution in [-0.4, -0.2) is 43.3 Å². The van der Waals surface area contributed by atoms with Gasteiger partial charge in [0.15, 0.2) is 0 Å². The van der Waals surface area contributed by atoms with Gasteiger partial charge in [0.1, 0.15) is 0 Å². The Balaban J connectivity index is 2.54. The van der Waals surface area contributed by atoms with E-state index in [0.29, 0.717) is 31.2 Å². The summed E-state index contributed by atoms with van der Waals surface area (Å²) in [7, 11) is -3.00. The lowest BCUT2D eigenvalue weighted by atomic mass is 10.0. The molecular formula is C11H23NO3S. The van der Waals surface area contributed by atoms with Gasteiger partial charge < -0.3 is 5.11 Å². The molecule has 1 heterocycles. The van der Waals surface area contributed by atoms with Crippen molar-refractivity contribution in [3.8, 4) is 0 Å². The number of rotatable bonds is 6. The number of aliphatic hydroxyl groups excluding tert-OH is 1. The van der Waals surface area contributed by atoms with Gasteiger partial charge >= 0.3 is 0 Å². The first-order chi connectivity index (χ1) is 7.60. The van der Waals surface area contributed by atoms with Crippen molar-refractivity contribution < 1.29 is 13.5 Å². The number of nitrogens with zero attached hydrogens (tertiary/aromatic N) is 1. The molecule has 4 nitrogen and oxygen atoms in total. The molecule has 0 spiro atoms. The topological polar surface area (TPSA) is 57.6 Å². The lowest BCUT2D eigenvalue weighted by Gasteiger charge is -2.29. The molecule has 1 aliphatic heterocycles. The molecule has 0 aromatic rings. The molecule has 1 atom stereocenters. The van der Waals surface area contributed by atoms with Crippen LogP contribution in [0.15, 0.2) is 0 Å². The maximum absolute atomic E-state index is 11.8. The minimum Gasteiger partial charge on any atom is -0.396 e. The fraction of sp³-hybridized carbons (Fsp3) is 1.00. The van der Waals surface area contributed by atoms with Gasteiger partial charge in [-0.05, 0) is 31.6 Å². The van der Waals surface area contributed by atoms with Crippen LogP contribution in [0.1, 0.15) is 39.0 Å². The van der Waals surface area contributed by atoms with Crippen LogP contribution >= 0.6 is 0 Å². The minimum atomic E-state index is -3.00. The molecule has 1 unspecified atom stereocenters. The van der Waals surface area contributed by atoms with Crippen molar-refractivity contribution >= 4 is 10.0 Å². The van der Waals surface area contributed by atoms with E-state index in [1.807, 2.05) is 0 Å². The van der Waals surface area contributed by atoms with Crippen LogP contribution in [0.5, 0.6) is 0 Å². The summed E-state index contributed by atoms with van der Waals surface area (Å²) in [4.78, 5) is 0. The van der Waals surface area contributed by atoms with Gasteiger partial charge in [-0.2, -0.15) is 0 Å². The Morgan fingerprint density at radius 1 is 1.31 bits per heavy atom. The van der Waals surface area contributed by atoms with Crippen LogP contribution in [0.25, 0.3) is 0 Å². The monoisotopic (exact) mass is 249 g/mol. The minimum absolute atomic E-state index is 0.151. The SMILES string of the molecule is CCCC(CCO)CN1CCCCS1(=O)=O. The van der Waals surface area contributed by atoms with Gasteiger partial charge in [-0.15, -0.1) is 0 Å². The van der Waals surface area contributed by atoms with Gasteiger partial charge in [0, 0.05) is 19.7 Å². The molecular weight excluding hydrogens is 226 g/mol. The van der Waals surface area contributed by atoms with Crippen LogP contribution in [0, 0.1) is 5.92 Å². The van der Waals surface area contributed by atoms with E-state index in [1.54, 1.807) is 4.31 Å². The molecule has 1 fully saturated rings. The summed E-state index contributed by atoms with van der Waals surface area (Å²) in [6.45, 7) is 3.50. The molecule has 1 N–H and O–H groups in total. The summed E-state index contributed by atoms with van der Waals surface area (Å²) in [5.74, 6) is 0.605. The predicted octanol–water partition coefficient (Wildman–Crippen LogP) is 1.21. The largest absolute Gasteiger partial charge is 0.396 e. The van der Waals surface area contributed by atoms with Crippen molar-refractivity contribution in [2.24, 2.45) is 5.92 Å². The van der Waals surface area contributed by atoms with E-state index < -0.39 is 10.0 Å². The summed E-state index contributed by atoms with van der Waals surface area (Å²) in [5, 5.41) is 8.95. The second-order valence-electron chi connectivity index (χ2n) is 4.55. The Hall–Kier alpha value is -0.130. The third-order valence-electron chi connectivity index (χ3n) is 3.15. The van der Waals surface area contributed by atoms with Crippen molar-refractivity contribution in [1.82, 2.24) is 4.31 Å². The molecule has 1 rings (SSSR count). The van der Waals surface area contributed by atoms with E-state index in [1.165, 1.54) is 0 Å². The van der Waals surface area contributed by atoms with E-state index in [9.17, 15) is 8.42 Å². The van der Waals surface area contributed by atoms with E-state index >= 15 is 0 Å². The number of hydrogen-bond donors (Lipinski definition) is 1. The molecule has 16 heavy (non-hydrogen) atoms. The zero-order valence-electron chi connectivity index (χ0n) is 10.1.